The van der Waals surface area contributed by atoms with Crippen LogP contribution < -0.4 is 5.32 Å². The average molecular weight is 740 g/mol. The normalized spacial score (nSPS) is 14.5. The molecule has 0 aliphatic rings. The molecule has 0 saturated heterocycles. The van der Waals surface area contributed by atoms with Gasteiger partial charge in [-0.15, -0.1) is 0 Å². The van der Waals surface area contributed by atoms with Crippen LogP contribution in [0.4, 0.5) is 0 Å². The maximum Gasteiger partial charge on any atom is 0.267 e. The second kappa shape index (κ2) is 37.7. The maximum atomic E-state index is 12.5. The van der Waals surface area contributed by atoms with Gasteiger partial charge >= 0.3 is 0 Å². The number of rotatable bonds is 34. The number of aliphatic hydroxyl groups is 1. The Hall–Kier alpha value is -3.00. The summed E-state index contributed by atoms with van der Waals surface area (Å²) in [5.41, 5.74) is 0. The van der Waals surface area contributed by atoms with Crippen molar-refractivity contribution in [1.82, 2.24) is 5.32 Å². The zero-order valence-corrected chi connectivity index (χ0v) is 33.4. The predicted molar refractivity (Wildman–Crippen MR) is 225 cm³/mol. The van der Waals surface area contributed by atoms with E-state index in [1.165, 1.54) is 44.6 Å². The summed E-state index contributed by atoms with van der Waals surface area (Å²) >= 11 is 0. The first-order valence-electron chi connectivity index (χ1n) is 20.1. The van der Waals surface area contributed by atoms with Gasteiger partial charge in [0.15, 0.2) is 0 Å². The van der Waals surface area contributed by atoms with Gasteiger partial charge in [-0.1, -0.05) is 155 Å². The van der Waals surface area contributed by atoms with Gasteiger partial charge in [-0.25, -0.2) is 0 Å². The molecule has 0 aliphatic carbocycles. The fourth-order valence-corrected chi connectivity index (χ4v) is 5.92. The van der Waals surface area contributed by atoms with Crippen LogP contribution in [0.2, 0.25) is 0 Å². The van der Waals surface area contributed by atoms with Crippen LogP contribution >= 0.6 is 0 Å². The highest BCUT2D eigenvalue weighted by Gasteiger charge is 2.24. The van der Waals surface area contributed by atoms with Crippen molar-refractivity contribution in [3.63, 3.8) is 0 Å². The maximum absolute atomic E-state index is 12.5. The molecular formula is C45H73NO5S. The Labute approximate surface area is 319 Å². The van der Waals surface area contributed by atoms with Crippen molar-refractivity contribution in [3.05, 3.63) is 109 Å². The number of aliphatic hydroxyl groups excluding tert-OH is 1. The number of allylic oxidation sites excluding steroid dienone is 17. The lowest BCUT2D eigenvalue weighted by molar-refractivity contribution is -0.122. The molecule has 0 aromatic heterocycles. The Morgan fingerprint density at radius 1 is 0.538 bits per heavy atom. The van der Waals surface area contributed by atoms with Crippen LogP contribution in [-0.2, 0) is 14.9 Å². The largest absolute Gasteiger partial charge is 0.387 e. The van der Waals surface area contributed by atoms with E-state index >= 15 is 0 Å². The van der Waals surface area contributed by atoms with Gasteiger partial charge in [0, 0.05) is 6.42 Å². The van der Waals surface area contributed by atoms with E-state index in [-0.39, 0.29) is 12.3 Å². The highest BCUT2D eigenvalue weighted by molar-refractivity contribution is 7.85. The minimum absolute atomic E-state index is 0.222. The van der Waals surface area contributed by atoms with Crippen molar-refractivity contribution in [2.75, 3.05) is 5.75 Å². The van der Waals surface area contributed by atoms with Gasteiger partial charge in [0.25, 0.3) is 10.1 Å². The van der Waals surface area contributed by atoms with Gasteiger partial charge in [-0.3, -0.25) is 9.35 Å². The number of unbranched alkanes of at least 4 members (excludes halogenated alkanes) is 10. The monoisotopic (exact) mass is 740 g/mol. The zero-order valence-electron chi connectivity index (χ0n) is 32.6. The third-order valence-electron chi connectivity index (χ3n) is 8.16. The summed E-state index contributed by atoms with van der Waals surface area (Å²) in [4.78, 5) is 12.5. The van der Waals surface area contributed by atoms with E-state index in [1.807, 2.05) is 0 Å². The van der Waals surface area contributed by atoms with E-state index in [1.54, 1.807) is 6.08 Å². The molecule has 0 radical (unpaired) electrons. The van der Waals surface area contributed by atoms with Crippen LogP contribution in [-0.4, -0.2) is 41.9 Å². The molecule has 0 bridgehead atoms. The van der Waals surface area contributed by atoms with Crippen LogP contribution in [0.5, 0.6) is 0 Å². The Bertz CT molecular complexity index is 1220. The van der Waals surface area contributed by atoms with Crippen molar-refractivity contribution in [3.8, 4) is 0 Å². The first kappa shape index (κ1) is 49.0. The fraction of sp³-hybridized carbons (Fsp3) is 0.578. The van der Waals surface area contributed by atoms with E-state index in [0.717, 1.165) is 77.0 Å². The lowest BCUT2D eigenvalue weighted by atomic mass is 10.1. The molecule has 0 aromatic carbocycles. The molecule has 0 saturated carbocycles. The average Bonchev–Trinajstić information content (AvgIpc) is 3.11. The minimum atomic E-state index is -4.38. The van der Waals surface area contributed by atoms with Crippen LogP contribution in [0.3, 0.4) is 0 Å². The smallest absolute Gasteiger partial charge is 0.267 e. The van der Waals surface area contributed by atoms with Crippen LogP contribution in [0, 0.1) is 0 Å². The Kier molecular flexibility index (Phi) is 35.6. The zero-order chi connectivity index (χ0) is 38.2. The van der Waals surface area contributed by atoms with Crippen LogP contribution in [0.25, 0.3) is 0 Å². The SMILES string of the molecule is CC/C=C\C/C=C\C/C=C\C/C=C\C/C=C\C/C=C\CCCCC(=O)NC(CS(=O)(=O)O)C(O)/C=C/CC/C=C/CC/C=C/CCCCCCCC. The predicted octanol–water partition coefficient (Wildman–Crippen LogP) is 12.0. The summed E-state index contributed by atoms with van der Waals surface area (Å²) < 4.78 is 32.4. The van der Waals surface area contributed by atoms with Gasteiger partial charge in [-0.05, 0) is 96.3 Å². The van der Waals surface area contributed by atoms with Gasteiger partial charge in [0.1, 0.15) is 0 Å². The van der Waals surface area contributed by atoms with Crippen molar-refractivity contribution >= 4 is 16.0 Å². The third-order valence-corrected chi connectivity index (χ3v) is 8.94. The molecule has 0 rings (SSSR count). The standard InChI is InChI=1S/C45H73NO5S/c1-3-5-7-9-11-13-15-17-19-21-22-23-24-25-27-29-31-33-35-37-39-41-45(48)46-43(42-52(49,50)51)44(47)40-38-36-34-32-30-28-26-20-18-16-14-12-10-8-6-4-2/h5,7,11,13,17-20,22-23,25,27,30-33,38,40,43-44,47H,3-4,6,8-10,12,14-16,21,24,26,28-29,34-37,39,41-42H2,1-2H3,(H,46,48)(H,49,50,51)/b7-5-,13-11-,19-17-,20-18+,23-22-,27-25-,32-30+,33-31-,40-38+. The Morgan fingerprint density at radius 3 is 1.44 bits per heavy atom. The van der Waals surface area contributed by atoms with Gasteiger partial charge in [0.05, 0.1) is 17.9 Å². The number of hydrogen-bond donors (Lipinski definition) is 3. The van der Waals surface area contributed by atoms with Gasteiger partial charge in [0.2, 0.25) is 5.91 Å². The van der Waals surface area contributed by atoms with E-state index in [4.69, 9.17) is 0 Å². The second-order valence-corrected chi connectivity index (χ2v) is 14.7. The van der Waals surface area contributed by atoms with Crippen molar-refractivity contribution in [2.45, 2.75) is 161 Å². The van der Waals surface area contributed by atoms with Gasteiger partial charge < -0.3 is 10.4 Å². The summed E-state index contributed by atoms with van der Waals surface area (Å²) in [6.45, 7) is 4.39. The topological polar surface area (TPSA) is 104 Å². The first-order chi connectivity index (χ1) is 25.3. The molecule has 52 heavy (non-hydrogen) atoms. The minimum Gasteiger partial charge on any atom is -0.387 e. The van der Waals surface area contributed by atoms with Crippen molar-refractivity contribution in [1.29, 1.82) is 0 Å². The van der Waals surface area contributed by atoms with E-state index in [2.05, 4.69) is 116 Å². The lowest BCUT2D eigenvalue weighted by Crippen LogP contribution is -2.46. The summed E-state index contributed by atoms with van der Waals surface area (Å²) in [6, 6.07) is -1.11. The van der Waals surface area contributed by atoms with E-state index in [0.29, 0.717) is 12.8 Å². The molecule has 2 unspecified atom stereocenters. The molecule has 0 heterocycles. The summed E-state index contributed by atoms with van der Waals surface area (Å²) in [5, 5.41) is 13.2. The molecular weight excluding hydrogens is 667 g/mol. The Balaban J connectivity index is 4.15. The molecule has 1 amide bonds. The third kappa shape index (κ3) is 38.2. The summed E-state index contributed by atoms with van der Waals surface area (Å²) in [5.74, 6) is -1.08. The Morgan fingerprint density at radius 2 is 0.942 bits per heavy atom. The number of nitrogens with one attached hydrogen (secondary N) is 1. The molecule has 0 aromatic rings. The highest BCUT2D eigenvalue weighted by atomic mass is 32.2. The molecule has 2 atom stereocenters. The van der Waals surface area contributed by atoms with E-state index < -0.39 is 28.0 Å². The summed E-state index contributed by atoms with van der Waals surface area (Å²) in [7, 11) is -4.38. The van der Waals surface area contributed by atoms with Crippen LogP contribution in [0.1, 0.15) is 149 Å². The quantitative estimate of drug-likeness (QED) is 0.0346. The molecule has 0 fully saturated rings. The molecule has 3 N–H and O–H groups in total. The number of amides is 1. The van der Waals surface area contributed by atoms with Crippen molar-refractivity contribution < 1.29 is 22.9 Å². The first-order valence-corrected chi connectivity index (χ1v) is 21.7. The molecule has 0 spiro atoms. The number of carbonyl (C=O) groups excluding carboxylic acids is 1. The highest BCUT2D eigenvalue weighted by Crippen LogP contribution is 2.09. The number of carbonyl (C=O) groups is 1. The molecule has 0 aliphatic heterocycles. The fourth-order valence-electron chi connectivity index (χ4n) is 5.19. The van der Waals surface area contributed by atoms with Crippen molar-refractivity contribution in [2.24, 2.45) is 0 Å². The number of hydrogen-bond acceptors (Lipinski definition) is 4. The van der Waals surface area contributed by atoms with E-state index in [9.17, 15) is 22.9 Å². The molecule has 7 heteroatoms. The lowest BCUT2D eigenvalue weighted by Gasteiger charge is -2.21. The molecule has 6 nitrogen and oxygen atoms in total. The van der Waals surface area contributed by atoms with Crippen LogP contribution in [0.15, 0.2) is 109 Å². The summed E-state index contributed by atoms with van der Waals surface area (Å²) in [6.07, 6.45) is 57.8. The van der Waals surface area contributed by atoms with Gasteiger partial charge in [-0.2, -0.15) is 8.42 Å². The molecule has 294 valence electrons. The second-order valence-electron chi connectivity index (χ2n) is 13.2.